The van der Waals surface area contributed by atoms with E-state index in [0.29, 0.717) is 0 Å². The number of hydrogen-bond donors (Lipinski definition) is 17. The first kappa shape index (κ1) is 56.5. The molecule has 7 saturated heterocycles. The summed E-state index contributed by atoms with van der Waals surface area (Å²) in [6.07, 6.45) is -57.3. The van der Waals surface area contributed by atoms with E-state index in [2.05, 4.69) is 0 Å². The molecule has 0 radical (unpaired) electrons. The molecule has 17 N–H and O–H groups in total. The van der Waals surface area contributed by atoms with E-state index < -0.39 is 222 Å². The van der Waals surface area contributed by atoms with Crippen molar-refractivity contribution in [2.24, 2.45) is 0 Å². The van der Waals surface area contributed by atoms with Gasteiger partial charge in [0.25, 0.3) is 5.79 Å². The van der Waals surface area contributed by atoms with Gasteiger partial charge in [-0.2, -0.15) is 0 Å². The Kier molecular flexibility index (Phi) is 18.0. The summed E-state index contributed by atoms with van der Waals surface area (Å²) < 4.78 is 72.3. The lowest BCUT2D eigenvalue weighted by atomic mass is 9.95. The third kappa shape index (κ3) is 11.1. The summed E-state index contributed by atoms with van der Waals surface area (Å²) in [6, 6.07) is 0. The van der Waals surface area contributed by atoms with Crippen molar-refractivity contribution in [3.05, 3.63) is 0 Å². The molecule has 0 amide bonds. The van der Waals surface area contributed by atoms with Crippen LogP contribution in [0.4, 0.5) is 0 Å². The molecule has 410 valence electrons. The minimum atomic E-state index is -2.33. The zero-order chi connectivity index (χ0) is 52.3. The van der Waals surface area contributed by atoms with Crippen molar-refractivity contribution >= 4 is 11.9 Å². The number of carboxylic acids is 2. The highest BCUT2D eigenvalue weighted by atomic mass is 16.8. The second-order valence-electron chi connectivity index (χ2n) is 18.2. The lowest BCUT2D eigenvalue weighted by molar-refractivity contribution is -0.403. The molecule has 0 bridgehead atoms. The van der Waals surface area contributed by atoms with Gasteiger partial charge in [-0.1, -0.05) is 0 Å². The Balaban J connectivity index is 1.05. The van der Waals surface area contributed by atoms with Gasteiger partial charge < -0.3 is 148 Å². The Morgan fingerprint density at radius 1 is 0.479 bits per heavy atom. The number of fused-ring (bicyclic) bond motifs is 1. The van der Waals surface area contributed by atoms with Gasteiger partial charge in [-0.25, -0.2) is 9.59 Å². The van der Waals surface area contributed by atoms with E-state index in [1.165, 1.54) is 13.8 Å². The van der Waals surface area contributed by atoms with Gasteiger partial charge in [-0.15, -0.1) is 0 Å². The van der Waals surface area contributed by atoms with Crippen molar-refractivity contribution in [1.29, 1.82) is 0 Å². The van der Waals surface area contributed by atoms with Gasteiger partial charge in [0.1, 0.15) is 128 Å². The molecule has 0 saturated carbocycles. The van der Waals surface area contributed by atoms with Crippen LogP contribution in [0, 0.1) is 0 Å². The van der Waals surface area contributed by atoms with Crippen LogP contribution in [-0.4, -0.2) is 309 Å². The van der Waals surface area contributed by atoms with E-state index in [-0.39, 0.29) is 0 Å². The zero-order valence-corrected chi connectivity index (χ0v) is 37.7. The summed E-state index contributed by atoms with van der Waals surface area (Å²) in [5.74, 6) is -5.69. The van der Waals surface area contributed by atoms with Crippen molar-refractivity contribution in [2.75, 3.05) is 19.8 Å². The van der Waals surface area contributed by atoms with Crippen molar-refractivity contribution < 1.29 is 158 Å². The molecule has 32 nitrogen and oxygen atoms in total. The monoisotopic (exact) mass is 1040 g/mol. The van der Waals surface area contributed by atoms with E-state index in [1.54, 1.807) is 0 Å². The number of rotatable bonds is 14. The highest BCUT2D eigenvalue weighted by molar-refractivity contribution is 5.75. The quantitative estimate of drug-likeness (QED) is 0.0768. The first-order valence-corrected chi connectivity index (χ1v) is 22.4. The molecule has 7 fully saturated rings. The third-order valence-electron chi connectivity index (χ3n) is 13.4. The predicted molar refractivity (Wildman–Crippen MR) is 211 cm³/mol. The van der Waals surface area contributed by atoms with Gasteiger partial charge in [0, 0.05) is 6.92 Å². The van der Waals surface area contributed by atoms with Gasteiger partial charge in [0.15, 0.2) is 43.8 Å². The number of hydrogen-bond acceptors (Lipinski definition) is 30. The summed E-state index contributed by atoms with van der Waals surface area (Å²) in [6.45, 7) is 1.10. The summed E-state index contributed by atoms with van der Waals surface area (Å²) in [7, 11) is 0. The molecule has 2 unspecified atom stereocenters. The molecule has 7 aliphatic rings. The van der Waals surface area contributed by atoms with E-state index in [1.807, 2.05) is 0 Å². The number of carbonyl (C=O) groups is 2. The maximum Gasteiger partial charge on any atom is 0.364 e. The van der Waals surface area contributed by atoms with Crippen molar-refractivity contribution in [1.82, 2.24) is 0 Å². The predicted octanol–water partition coefficient (Wildman–Crippen LogP) is -11.1. The molecule has 0 aromatic carbocycles. The molecule has 7 aliphatic heterocycles. The SMILES string of the molecule is C[C@@H]1O[C@@H](O[C@@H]2[C@@H](O)[C@H](O[C@@H]3[C@H](O[C@@H]4O[C@H](CO)[C@H](O)[C@H](O[C@@H]5O[C@H](C(=O)O)[C@@H](O[C@@H]6O[C@@H]7COC(C)(C(=O)O)O[C@@H]7[C@H](O)[C@H]6O)[C@H](O)[C@H]5O)[C@H]4O)[C@H](C)OC(O)[C@H]3O)O[C@H](CO)[C@H]2O)[C@@H](O)[C@H](O)[C@@H]1O. The van der Waals surface area contributed by atoms with Crippen LogP contribution < -0.4 is 0 Å². The summed E-state index contributed by atoms with van der Waals surface area (Å²) in [4.78, 5) is 24.2. The molecular formula is C39H62O32. The fourth-order valence-electron chi connectivity index (χ4n) is 9.15. The van der Waals surface area contributed by atoms with Crippen LogP contribution in [0.5, 0.6) is 0 Å². The maximum atomic E-state index is 12.6. The summed E-state index contributed by atoms with van der Waals surface area (Å²) in [5, 5.41) is 182. The van der Waals surface area contributed by atoms with E-state index in [4.69, 9.17) is 61.6 Å². The topological polar surface area (TPSA) is 498 Å². The fraction of sp³-hybridized carbons (Fsp3) is 0.949. The second-order valence-corrected chi connectivity index (χ2v) is 18.2. The molecule has 0 aromatic rings. The van der Waals surface area contributed by atoms with Crippen LogP contribution in [0.25, 0.3) is 0 Å². The van der Waals surface area contributed by atoms with Crippen molar-refractivity contribution in [3.63, 3.8) is 0 Å². The molecule has 31 atom stereocenters. The highest BCUT2D eigenvalue weighted by Crippen LogP contribution is 2.39. The number of aliphatic carboxylic acids is 2. The zero-order valence-electron chi connectivity index (χ0n) is 37.7. The van der Waals surface area contributed by atoms with E-state index in [0.717, 1.165) is 6.92 Å². The average Bonchev–Trinajstić information content (AvgIpc) is 3.32. The molecular weight excluding hydrogens is 980 g/mol. The first-order chi connectivity index (χ1) is 33.3. The van der Waals surface area contributed by atoms with Crippen molar-refractivity contribution in [3.8, 4) is 0 Å². The number of carboxylic acid groups (broad SMARTS) is 2. The largest absolute Gasteiger partial charge is 0.479 e. The molecule has 0 aliphatic carbocycles. The Bertz CT molecular complexity index is 1790. The lowest BCUT2D eigenvalue weighted by Gasteiger charge is -2.50. The maximum absolute atomic E-state index is 12.6. The van der Waals surface area contributed by atoms with Crippen LogP contribution in [0.2, 0.25) is 0 Å². The Morgan fingerprint density at radius 3 is 1.48 bits per heavy atom. The molecule has 7 rings (SSSR count). The van der Waals surface area contributed by atoms with Crippen LogP contribution >= 0.6 is 0 Å². The Morgan fingerprint density at radius 2 is 0.944 bits per heavy atom. The number of ether oxygens (including phenoxy) is 13. The Hall–Kier alpha value is -2.18. The van der Waals surface area contributed by atoms with Gasteiger partial charge >= 0.3 is 11.9 Å². The Labute approximate surface area is 400 Å². The molecule has 0 spiro atoms. The minimum absolute atomic E-state index is 0.535. The molecule has 32 heteroatoms. The summed E-state index contributed by atoms with van der Waals surface area (Å²) >= 11 is 0. The van der Waals surface area contributed by atoms with Crippen LogP contribution in [0.15, 0.2) is 0 Å². The van der Waals surface area contributed by atoms with Crippen LogP contribution in [0.1, 0.15) is 20.8 Å². The molecule has 7 heterocycles. The van der Waals surface area contributed by atoms with E-state index >= 15 is 0 Å². The lowest BCUT2D eigenvalue weighted by Crippen LogP contribution is -2.69. The van der Waals surface area contributed by atoms with Crippen LogP contribution in [0.3, 0.4) is 0 Å². The standard InChI is InChI=1S/C39H62O32/c1-7-12(42)15(45)18(48)33(61-7)66-26-13(43)10(5-41)63-37(23(26)53)69-29-21(51)32(56)60-8(2)24(29)65-36-22(52)27(14(44)9(4-40)62-36)67-35-20(50)17(47)28(30(70-35)31(54)55)68-34-19(49)16(46)25-11(64-34)6-59-39(3,71-25)38(57)58/h7-30,32-37,40-53,56H,4-6H2,1-3H3,(H,54,55)(H,57,58)/t7-,8-,9+,10+,11+,12+,13+,14-,15+,16+,17+,18-,19+,20+,21-,22+,23+,24+,25-,26-,27-,28-,29-,30-,32?,33-,34-,35+,36-,37-,39?/m0/s1. The van der Waals surface area contributed by atoms with Gasteiger partial charge in [0.2, 0.25) is 0 Å². The minimum Gasteiger partial charge on any atom is -0.479 e. The third-order valence-corrected chi connectivity index (χ3v) is 13.4. The smallest absolute Gasteiger partial charge is 0.364 e. The normalized spacial score (nSPS) is 53.9. The molecule has 0 aromatic heterocycles. The van der Waals surface area contributed by atoms with Gasteiger partial charge in [-0.3, -0.25) is 0 Å². The summed E-state index contributed by atoms with van der Waals surface area (Å²) in [5.41, 5.74) is 0. The number of aliphatic hydroxyl groups excluding tert-OH is 15. The highest BCUT2D eigenvalue weighted by Gasteiger charge is 2.60. The second kappa shape index (κ2) is 22.6. The van der Waals surface area contributed by atoms with Crippen molar-refractivity contribution in [2.45, 2.75) is 211 Å². The van der Waals surface area contributed by atoms with E-state index in [9.17, 15) is 96.4 Å². The fourth-order valence-corrected chi connectivity index (χ4v) is 9.15. The van der Waals surface area contributed by atoms with Gasteiger partial charge in [-0.05, 0) is 13.8 Å². The first-order valence-electron chi connectivity index (χ1n) is 22.4. The van der Waals surface area contributed by atoms with Crippen LogP contribution in [-0.2, 0) is 71.2 Å². The number of aliphatic hydroxyl groups is 15. The average molecular weight is 1040 g/mol. The van der Waals surface area contributed by atoms with Gasteiger partial charge in [0.05, 0.1) is 32.0 Å². The molecule has 71 heavy (non-hydrogen) atoms.